The molecule has 1 N–H and O–H groups in total. The largest absolute Gasteiger partial charge is 0.448 e. The van der Waals surface area contributed by atoms with E-state index in [4.69, 9.17) is 4.42 Å². The lowest BCUT2D eigenvalue weighted by Gasteiger charge is -2.16. The van der Waals surface area contributed by atoms with E-state index in [1.165, 1.54) is 6.39 Å². The van der Waals surface area contributed by atoms with Crippen LogP contribution in [0.3, 0.4) is 0 Å². The standard InChI is InChI=1S/C11H20N2O/c1-5-12-7-9-10(14-8-13-9)6-11(2,3)4/h8,12H,5-7H2,1-4H3. The highest BCUT2D eigenvalue weighted by molar-refractivity contribution is 5.08. The Bertz CT molecular complexity index is 273. The van der Waals surface area contributed by atoms with Crippen molar-refractivity contribution < 1.29 is 4.42 Å². The lowest BCUT2D eigenvalue weighted by molar-refractivity contribution is 0.359. The Morgan fingerprint density at radius 2 is 2.14 bits per heavy atom. The van der Waals surface area contributed by atoms with Crippen molar-refractivity contribution in [3.8, 4) is 0 Å². The van der Waals surface area contributed by atoms with Crippen LogP contribution in [0, 0.1) is 5.41 Å². The van der Waals surface area contributed by atoms with E-state index >= 15 is 0 Å². The molecule has 0 fully saturated rings. The molecular weight excluding hydrogens is 176 g/mol. The van der Waals surface area contributed by atoms with Crippen molar-refractivity contribution in [2.45, 2.75) is 40.7 Å². The Balaban J connectivity index is 2.63. The first kappa shape index (κ1) is 11.2. The molecule has 1 aromatic heterocycles. The first-order valence-corrected chi connectivity index (χ1v) is 5.15. The molecule has 0 amide bonds. The number of rotatable bonds is 4. The van der Waals surface area contributed by atoms with Gasteiger partial charge >= 0.3 is 0 Å². The molecule has 0 aliphatic carbocycles. The molecular formula is C11H20N2O. The second-order valence-electron chi connectivity index (χ2n) is 4.74. The van der Waals surface area contributed by atoms with Gasteiger partial charge in [-0.15, -0.1) is 0 Å². The summed E-state index contributed by atoms with van der Waals surface area (Å²) < 4.78 is 5.39. The van der Waals surface area contributed by atoms with Gasteiger partial charge in [0.2, 0.25) is 0 Å². The molecule has 0 aliphatic rings. The molecule has 0 spiro atoms. The van der Waals surface area contributed by atoms with Crippen LogP contribution < -0.4 is 5.32 Å². The van der Waals surface area contributed by atoms with Crippen LogP contribution in [0.5, 0.6) is 0 Å². The molecule has 1 heterocycles. The van der Waals surface area contributed by atoms with E-state index in [9.17, 15) is 0 Å². The number of aromatic nitrogens is 1. The molecule has 0 bridgehead atoms. The maximum Gasteiger partial charge on any atom is 0.181 e. The average Bonchev–Trinajstić information content (AvgIpc) is 2.45. The van der Waals surface area contributed by atoms with Gasteiger partial charge in [-0.25, -0.2) is 4.98 Å². The van der Waals surface area contributed by atoms with Gasteiger partial charge < -0.3 is 9.73 Å². The SMILES string of the molecule is CCNCc1ncoc1CC(C)(C)C. The lowest BCUT2D eigenvalue weighted by atomic mass is 9.90. The predicted molar refractivity (Wildman–Crippen MR) is 57.0 cm³/mol. The zero-order valence-corrected chi connectivity index (χ0v) is 9.55. The summed E-state index contributed by atoms with van der Waals surface area (Å²) in [4.78, 5) is 4.21. The summed E-state index contributed by atoms with van der Waals surface area (Å²) in [6, 6.07) is 0. The van der Waals surface area contributed by atoms with E-state index in [0.29, 0.717) is 0 Å². The molecule has 3 nitrogen and oxygen atoms in total. The quantitative estimate of drug-likeness (QED) is 0.803. The highest BCUT2D eigenvalue weighted by Crippen LogP contribution is 2.22. The monoisotopic (exact) mass is 196 g/mol. The zero-order chi connectivity index (χ0) is 10.6. The van der Waals surface area contributed by atoms with Gasteiger partial charge in [0.05, 0.1) is 5.69 Å². The van der Waals surface area contributed by atoms with Crippen molar-refractivity contribution in [2.24, 2.45) is 5.41 Å². The van der Waals surface area contributed by atoms with Gasteiger partial charge in [0.1, 0.15) is 5.76 Å². The minimum Gasteiger partial charge on any atom is -0.448 e. The van der Waals surface area contributed by atoms with Crippen molar-refractivity contribution in [2.75, 3.05) is 6.54 Å². The normalized spacial score (nSPS) is 12.0. The molecule has 3 heteroatoms. The van der Waals surface area contributed by atoms with Crippen LogP contribution in [0.4, 0.5) is 0 Å². The predicted octanol–water partition coefficient (Wildman–Crippen LogP) is 2.37. The van der Waals surface area contributed by atoms with Crippen LogP contribution in [0.1, 0.15) is 39.1 Å². The number of hydrogen-bond donors (Lipinski definition) is 1. The fourth-order valence-corrected chi connectivity index (χ4v) is 1.31. The molecule has 80 valence electrons. The molecule has 0 radical (unpaired) electrons. The second kappa shape index (κ2) is 4.60. The van der Waals surface area contributed by atoms with Crippen molar-refractivity contribution >= 4 is 0 Å². The van der Waals surface area contributed by atoms with Gasteiger partial charge in [0, 0.05) is 13.0 Å². The Morgan fingerprint density at radius 1 is 1.43 bits per heavy atom. The van der Waals surface area contributed by atoms with Gasteiger partial charge in [0.25, 0.3) is 0 Å². The van der Waals surface area contributed by atoms with Crippen LogP contribution in [-0.2, 0) is 13.0 Å². The highest BCUT2D eigenvalue weighted by Gasteiger charge is 2.17. The number of nitrogens with one attached hydrogen (secondary N) is 1. The number of oxazole rings is 1. The molecule has 0 unspecified atom stereocenters. The summed E-state index contributed by atoms with van der Waals surface area (Å²) in [5.41, 5.74) is 1.29. The summed E-state index contributed by atoms with van der Waals surface area (Å²) >= 11 is 0. The van der Waals surface area contributed by atoms with Crippen molar-refractivity contribution in [1.82, 2.24) is 10.3 Å². The molecule has 14 heavy (non-hydrogen) atoms. The van der Waals surface area contributed by atoms with E-state index in [2.05, 4.69) is 38.0 Å². The van der Waals surface area contributed by atoms with E-state index in [0.717, 1.165) is 31.0 Å². The van der Waals surface area contributed by atoms with Crippen LogP contribution >= 0.6 is 0 Å². The summed E-state index contributed by atoms with van der Waals surface area (Å²) in [5, 5.41) is 3.25. The summed E-state index contributed by atoms with van der Waals surface area (Å²) in [6.07, 6.45) is 2.47. The van der Waals surface area contributed by atoms with Crippen LogP contribution in [0.15, 0.2) is 10.8 Å². The molecule has 0 aliphatic heterocycles. The minimum atomic E-state index is 0.250. The Morgan fingerprint density at radius 3 is 2.71 bits per heavy atom. The van der Waals surface area contributed by atoms with E-state index in [1.54, 1.807) is 0 Å². The van der Waals surface area contributed by atoms with Gasteiger partial charge in [-0.2, -0.15) is 0 Å². The molecule has 0 atom stereocenters. The zero-order valence-electron chi connectivity index (χ0n) is 9.55. The average molecular weight is 196 g/mol. The van der Waals surface area contributed by atoms with Crippen LogP contribution in [-0.4, -0.2) is 11.5 Å². The second-order valence-corrected chi connectivity index (χ2v) is 4.74. The minimum absolute atomic E-state index is 0.250. The third-order valence-electron chi connectivity index (χ3n) is 1.96. The maximum atomic E-state index is 5.39. The summed E-state index contributed by atoms with van der Waals surface area (Å²) in [6.45, 7) is 10.5. The van der Waals surface area contributed by atoms with E-state index in [1.807, 2.05) is 0 Å². The first-order chi connectivity index (χ1) is 6.53. The van der Waals surface area contributed by atoms with Crippen molar-refractivity contribution in [3.63, 3.8) is 0 Å². The summed E-state index contributed by atoms with van der Waals surface area (Å²) in [7, 11) is 0. The summed E-state index contributed by atoms with van der Waals surface area (Å²) in [5.74, 6) is 1.01. The molecule has 1 aromatic rings. The molecule has 1 rings (SSSR count). The van der Waals surface area contributed by atoms with Crippen molar-refractivity contribution in [3.05, 3.63) is 17.8 Å². The van der Waals surface area contributed by atoms with Gasteiger partial charge in [-0.05, 0) is 12.0 Å². The Kier molecular flexibility index (Phi) is 3.69. The van der Waals surface area contributed by atoms with Gasteiger partial charge in [-0.3, -0.25) is 0 Å². The van der Waals surface area contributed by atoms with E-state index < -0.39 is 0 Å². The molecule has 0 aromatic carbocycles. The smallest absolute Gasteiger partial charge is 0.181 e. The first-order valence-electron chi connectivity index (χ1n) is 5.15. The lowest BCUT2D eigenvalue weighted by Crippen LogP contribution is -2.15. The van der Waals surface area contributed by atoms with Gasteiger partial charge in [0.15, 0.2) is 6.39 Å². The number of nitrogens with zero attached hydrogens (tertiary/aromatic N) is 1. The van der Waals surface area contributed by atoms with Crippen LogP contribution in [0.25, 0.3) is 0 Å². The Hall–Kier alpha value is -0.830. The number of hydrogen-bond acceptors (Lipinski definition) is 3. The third-order valence-corrected chi connectivity index (χ3v) is 1.96. The maximum absolute atomic E-state index is 5.39. The van der Waals surface area contributed by atoms with E-state index in [-0.39, 0.29) is 5.41 Å². The third kappa shape index (κ3) is 3.50. The Labute approximate surface area is 85.9 Å². The topological polar surface area (TPSA) is 38.1 Å². The fraction of sp³-hybridized carbons (Fsp3) is 0.727. The molecule has 0 saturated carbocycles. The van der Waals surface area contributed by atoms with Gasteiger partial charge in [-0.1, -0.05) is 27.7 Å². The molecule has 0 saturated heterocycles. The highest BCUT2D eigenvalue weighted by atomic mass is 16.3. The van der Waals surface area contributed by atoms with Crippen LogP contribution in [0.2, 0.25) is 0 Å². The van der Waals surface area contributed by atoms with Crippen molar-refractivity contribution in [1.29, 1.82) is 0 Å². The fourth-order valence-electron chi connectivity index (χ4n) is 1.31.